The fraction of sp³-hybridized carbons (Fsp3) is 0.414. The Kier molecular flexibility index (Phi) is 8.97. The van der Waals surface area contributed by atoms with E-state index in [1.807, 2.05) is 30.3 Å². The average Bonchev–Trinajstić information content (AvgIpc) is 3.64. The Balaban J connectivity index is 1.30. The lowest BCUT2D eigenvalue weighted by Crippen LogP contribution is -2.45. The first-order valence-electron chi connectivity index (χ1n) is 13.7. The highest BCUT2D eigenvalue weighted by molar-refractivity contribution is 5.79. The molecule has 2 atom stereocenters. The van der Waals surface area contributed by atoms with Crippen LogP contribution in [0.25, 0.3) is 0 Å². The van der Waals surface area contributed by atoms with Crippen molar-refractivity contribution >= 4 is 17.7 Å². The van der Waals surface area contributed by atoms with Gasteiger partial charge in [-0.05, 0) is 48.2 Å². The van der Waals surface area contributed by atoms with Gasteiger partial charge in [0.1, 0.15) is 24.5 Å². The second-order valence-electron chi connectivity index (χ2n) is 10.1. The summed E-state index contributed by atoms with van der Waals surface area (Å²) in [5, 5.41) is 10.0. The van der Waals surface area contributed by atoms with Gasteiger partial charge >= 0.3 is 0 Å². The van der Waals surface area contributed by atoms with E-state index in [-0.39, 0.29) is 36.8 Å². The van der Waals surface area contributed by atoms with E-state index in [0.29, 0.717) is 62.7 Å². The Morgan fingerprint density at radius 3 is 2.68 bits per heavy atom. The van der Waals surface area contributed by atoms with Crippen molar-refractivity contribution in [2.45, 2.75) is 50.9 Å². The number of fused-ring (bicyclic) bond motifs is 9. The van der Waals surface area contributed by atoms with Crippen LogP contribution >= 0.6 is 0 Å². The molecule has 12 heteroatoms. The van der Waals surface area contributed by atoms with Crippen molar-refractivity contribution in [3.8, 4) is 17.2 Å². The Bertz CT molecular complexity index is 1350. The molecule has 1 aromatic heterocycles. The predicted octanol–water partition coefficient (Wildman–Crippen LogP) is 1.48. The highest BCUT2D eigenvalue weighted by Gasteiger charge is 2.37. The third-order valence-electron chi connectivity index (χ3n) is 7.14. The molecule has 12 nitrogen and oxygen atoms in total. The van der Waals surface area contributed by atoms with E-state index in [0.717, 1.165) is 11.1 Å². The van der Waals surface area contributed by atoms with Gasteiger partial charge in [-0.2, -0.15) is 5.10 Å². The number of carbonyl (C=O) groups is 3. The first-order valence-corrected chi connectivity index (χ1v) is 13.7. The fourth-order valence-electron chi connectivity index (χ4n) is 4.92. The molecule has 3 aliphatic heterocycles. The molecule has 1 saturated heterocycles. The number of rotatable bonds is 5. The van der Waals surface area contributed by atoms with E-state index in [1.165, 1.54) is 13.4 Å². The molecule has 6 rings (SSSR count). The lowest BCUT2D eigenvalue weighted by atomic mass is 10.1. The second-order valence-corrected chi connectivity index (χ2v) is 10.1. The van der Waals surface area contributed by atoms with Gasteiger partial charge in [-0.1, -0.05) is 18.2 Å². The van der Waals surface area contributed by atoms with Crippen molar-refractivity contribution in [1.29, 1.82) is 0 Å². The molecule has 3 aliphatic rings. The monoisotopic (exact) mass is 562 g/mol. The number of nitrogens with zero attached hydrogens (tertiary/aromatic N) is 4. The number of nitrogens with one attached hydrogen (secondary N) is 2. The zero-order chi connectivity index (χ0) is 28.6. The largest absolute Gasteiger partial charge is 0.493 e. The number of ether oxygens (including phenoxy) is 3. The van der Waals surface area contributed by atoms with Crippen LogP contribution in [0, 0.1) is 0 Å². The summed E-state index contributed by atoms with van der Waals surface area (Å²) in [6.07, 6.45) is 4.37. The van der Waals surface area contributed by atoms with E-state index in [2.05, 4.69) is 20.7 Å². The van der Waals surface area contributed by atoms with Crippen LogP contribution in [-0.2, 0) is 33.9 Å². The summed E-state index contributed by atoms with van der Waals surface area (Å²) >= 11 is 0. The Morgan fingerprint density at radius 2 is 1.90 bits per heavy atom. The number of methoxy groups -OCH3 is 1. The van der Waals surface area contributed by atoms with Gasteiger partial charge in [0.25, 0.3) is 5.91 Å². The summed E-state index contributed by atoms with van der Waals surface area (Å²) in [5.74, 6) is 1.15. The van der Waals surface area contributed by atoms with Crippen molar-refractivity contribution in [2.75, 3.05) is 26.8 Å². The second kappa shape index (κ2) is 13.2. The van der Waals surface area contributed by atoms with Crippen LogP contribution in [0.15, 0.2) is 55.1 Å². The van der Waals surface area contributed by atoms with Crippen LogP contribution in [0.1, 0.15) is 30.4 Å². The average molecular weight is 563 g/mol. The molecule has 0 spiro atoms. The summed E-state index contributed by atoms with van der Waals surface area (Å²) in [6, 6.07) is 12.4. The van der Waals surface area contributed by atoms with E-state index < -0.39 is 6.10 Å². The number of likely N-dealkylation sites (tertiary alicyclic amines) is 1. The van der Waals surface area contributed by atoms with Crippen molar-refractivity contribution < 1.29 is 28.6 Å². The lowest BCUT2D eigenvalue weighted by Gasteiger charge is -2.21. The summed E-state index contributed by atoms with van der Waals surface area (Å²) in [4.78, 5) is 44.1. The van der Waals surface area contributed by atoms with Crippen molar-refractivity contribution in [3.05, 3.63) is 66.2 Å². The Hall–Kier alpha value is -4.61. The van der Waals surface area contributed by atoms with Gasteiger partial charge in [0.05, 0.1) is 19.7 Å². The van der Waals surface area contributed by atoms with Gasteiger partial charge in [0, 0.05) is 32.5 Å². The quantitative estimate of drug-likeness (QED) is 0.477. The normalized spacial score (nSPS) is 19.5. The van der Waals surface area contributed by atoms with Crippen LogP contribution in [0.5, 0.6) is 17.2 Å². The Morgan fingerprint density at radius 1 is 1.07 bits per heavy atom. The van der Waals surface area contributed by atoms with Crippen molar-refractivity contribution in [3.63, 3.8) is 0 Å². The van der Waals surface area contributed by atoms with Gasteiger partial charge in [0.2, 0.25) is 11.8 Å². The molecule has 2 aromatic carbocycles. The molecule has 3 amide bonds. The first kappa shape index (κ1) is 27.9. The number of carbonyl (C=O) groups excluding carboxylic acids is 3. The summed E-state index contributed by atoms with van der Waals surface area (Å²) < 4.78 is 19.1. The molecule has 0 radical (unpaired) electrons. The lowest BCUT2D eigenvalue weighted by molar-refractivity contribution is -0.131. The van der Waals surface area contributed by atoms with E-state index in [4.69, 9.17) is 14.2 Å². The van der Waals surface area contributed by atoms with Crippen LogP contribution in [0.2, 0.25) is 0 Å². The van der Waals surface area contributed by atoms with E-state index in [1.54, 1.807) is 28.0 Å². The SMILES string of the molecule is COc1ccc2cc1OCC(=O)NCc1ccc(cc1)O[C@H]1CN(C(=O)CCCn3cncn3)C[C@@H]1NC(=O)CC2. The molecule has 3 aromatic rings. The summed E-state index contributed by atoms with van der Waals surface area (Å²) in [6.45, 7) is 1.50. The molecule has 4 heterocycles. The predicted molar refractivity (Wildman–Crippen MR) is 147 cm³/mol. The van der Waals surface area contributed by atoms with E-state index >= 15 is 0 Å². The molecule has 1 fully saturated rings. The zero-order valence-electron chi connectivity index (χ0n) is 23.0. The first-order chi connectivity index (χ1) is 20.0. The number of aryl methyl sites for hydroxylation is 2. The minimum atomic E-state index is -0.410. The molecule has 4 bridgehead atoms. The number of amides is 3. The number of hydrogen-bond donors (Lipinski definition) is 2. The maximum Gasteiger partial charge on any atom is 0.258 e. The molecule has 0 unspecified atom stereocenters. The van der Waals surface area contributed by atoms with Gasteiger partial charge in [-0.15, -0.1) is 0 Å². The molecular formula is C29H34N6O6. The number of aromatic nitrogens is 3. The van der Waals surface area contributed by atoms with Crippen molar-refractivity contribution in [1.82, 2.24) is 30.3 Å². The molecule has 41 heavy (non-hydrogen) atoms. The fourth-order valence-corrected chi connectivity index (χ4v) is 4.92. The highest BCUT2D eigenvalue weighted by atomic mass is 16.5. The van der Waals surface area contributed by atoms with E-state index in [9.17, 15) is 14.4 Å². The minimum Gasteiger partial charge on any atom is -0.493 e. The van der Waals surface area contributed by atoms with Gasteiger partial charge < -0.3 is 29.7 Å². The van der Waals surface area contributed by atoms with Gasteiger partial charge in [-0.25, -0.2) is 4.98 Å². The van der Waals surface area contributed by atoms with Crippen LogP contribution in [0.4, 0.5) is 0 Å². The van der Waals surface area contributed by atoms with Gasteiger partial charge in [-0.3, -0.25) is 19.1 Å². The maximum atomic E-state index is 13.0. The number of benzene rings is 2. The van der Waals surface area contributed by atoms with Crippen LogP contribution < -0.4 is 24.8 Å². The third kappa shape index (κ3) is 7.53. The molecule has 0 aliphatic carbocycles. The zero-order valence-corrected chi connectivity index (χ0v) is 23.0. The van der Waals surface area contributed by atoms with Crippen LogP contribution in [0.3, 0.4) is 0 Å². The van der Waals surface area contributed by atoms with Crippen molar-refractivity contribution in [2.24, 2.45) is 0 Å². The smallest absolute Gasteiger partial charge is 0.258 e. The van der Waals surface area contributed by atoms with Crippen LogP contribution in [-0.4, -0.2) is 76.3 Å². The minimum absolute atomic E-state index is 0.00164. The summed E-state index contributed by atoms with van der Waals surface area (Å²) in [5.41, 5.74) is 1.76. The summed E-state index contributed by atoms with van der Waals surface area (Å²) in [7, 11) is 1.53. The topological polar surface area (TPSA) is 137 Å². The maximum absolute atomic E-state index is 13.0. The van der Waals surface area contributed by atoms with Gasteiger partial charge in [0.15, 0.2) is 18.1 Å². The highest BCUT2D eigenvalue weighted by Crippen LogP contribution is 2.29. The number of hydrogen-bond acceptors (Lipinski definition) is 8. The molecule has 2 N–H and O–H groups in total. The third-order valence-corrected chi connectivity index (χ3v) is 7.14. The Labute approximate surface area is 238 Å². The molecule has 0 saturated carbocycles. The molecular weight excluding hydrogens is 528 g/mol. The standard InChI is InChI=1S/C29H34N6O6/c1-39-24-10-6-20-7-11-27(36)33-23-15-34(29(38)3-2-12-35-19-30-18-32-35)16-26(23)41-22-8-4-21(5-9-22)14-31-28(37)17-40-25(24)13-20/h4-6,8-10,13,18-19,23,26H,2-3,7,11-12,14-17H2,1H3,(H,31,37)(H,33,36)/t23-,26-/m0/s1. The molecule has 216 valence electrons.